The molecular weight excluding hydrogens is 246 g/mol. The van der Waals surface area contributed by atoms with E-state index in [2.05, 4.69) is 5.32 Å². The Balaban J connectivity index is 3.22. The maximum absolute atomic E-state index is 12.6. The van der Waals surface area contributed by atoms with Crippen LogP contribution in [0.1, 0.15) is 25.0 Å². The molecule has 1 rings (SSSR count). The highest BCUT2D eigenvalue weighted by atomic mass is 32.2. The van der Waals surface area contributed by atoms with Crippen molar-refractivity contribution in [3.63, 3.8) is 0 Å². The van der Waals surface area contributed by atoms with Gasteiger partial charge in [-0.05, 0) is 50.1 Å². The fourth-order valence-corrected chi connectivity index (χ4v) is 4.02. The van der Waals surface area contributed by atoms with Gasteiger partial charge in [-0.1, -0.05) is 19.9 Å². The van der Waals surface area contributed by atoms with Crippen molar-refractivity contribution in [3.8, 4) is 0 Å². The predicted octanol–water partition coefficient (Wildman–Crippen LogP) is 2.32. The van der Waals surface area contributed by atoms with Crippen LogP contribution in [0.2, 0.25) is 0 Å². The van der Waals surface area contributed by atoms with Crippen molar-refractivity contribution in [1.29, 1.82) is 0 Å². The highest BCUT2D eigenvalue weighted by Gasteiger charge is 2.29. The second-order valence-electron chi connectivity index (χ2n) is 5.13. The highest BCUT2D eigenvalue weighted by molar-refractivity contribution is 7.92. The molecule has 0 aliphatic heterocycles. The van der Waals surface area contributed by atoms with Crippen molar-refractivity contribution >= 4 is 9.84 Å². The zero-order valence-corrected chi connectivity index (χ0v) is 12.6. The Bertz CT molecular complexity index is 507. The maximum atomic E-state index is 12.6. The summed E-state index contributed by atoms with van der Waals surface area (Å²) < 4.78 is 25.2. The lowest BCUT2D eigenvalue weighted by atomic mass is 10.1. The number of sulfone groups is 1. The molecule has 0 radical (unpaired) electrons. The Kier molecular flexibility index (Phi) is 4.93. The van der Waals surface area contributed by atoms with Gasteiger partial charge < -0.3 is 5.32 Å². The molecule has 0 bridgehead atoms. The largest absolute Gasteiger partial charge is 0.318 e. The van der Waals surface area contributed by atoms with E-state index in [-0.39, 0.29) is 11.2 Å². The van der Waals surface area contributed by atoms with Crippen LogP contribution in [-0.2, 0) is 9.84 Å². The second kappa shape index (κ2) is 5.85. The Labute approximate surface area is 111 Å². The first-order chi connectivity index (χ1) is 8.30. The lowest BCUT2D eigenvalue weighted by Crippen LogP contribution is -2.36. The molecule has 1 unspecified atom stereocenters. The zero-order chi connectivity index (χ0) is 13.9. The average molecular weight is 269 g/mol. The predicted molar refractivity (Wildman–Crippen MR) is 75.7 cm³/mol. The van der Waals surface area contributed by atoms with Gasteiger partial charge in [0.05, 0.1) is 10.1 Å². The van der Waals surface area contributed by atoms with Crippen molar-refractivity contribution in [3.05, 3.63) is 29.3 Å². The molecule has 4 heteroatoms. The summed E-state index contributed by atoms with van der Waals surface area (Å²) >= 11 is 0. The van der Waals surface area contributed by atoms with E-state index in [4.69, 9.17) is 0 Å². The third-order valence-electron chi connectivity index (χ3n) is 3.35. The molecule has 102 valence electrons. The van der Waals surface area contributed by atoms with Crippen molar-refractivity contribution < 1.29 is 8.42 Å². The van der Waals surface area contributed by atoms with Crippen LogP contribution in [0.25, 0.3) is 0 Å². The monoisotopic (exact) mass is 269 g/mol. The van der Waals surface area contributed by atoms with E-state index in [9.17, 15) is 8.42 Å². The smallest absolute Gasteiger partial charge is 0.182 e. The minimum Gasteiger partial charge on any atom is -0.318 e. The number of hydrogen-bond donors (Lipinski definition) is 1. The summed E-state index contributed by atoms with van der Waals surface area (Å²) in [5.41, 5.74) is 2.13. The Morgan fingerprint density at radius 1 is 1.17 bits per heavy atom. The van der Waals surface area contributed by atoms with E-state index in [1.54, 1.807) is 19.2 Å². The van der Waals surface area contributed by atoms with Crippen LogP contribution in [0.15, 0.2) is 23.1 Å². The molecule has 1 aromatic carbocycles. The third-order valence-corrected chi connectivity index (χ3v) is 5.77. The quantitative estimate of drug-likeness (QED) is 0.892. The van der Waals surface area contributed by atoms with E-state index < -0.39 is 9.84 Å². The minimum absolute atomic E-state index is 0.0871. The first-order valence-corrected chi connectivity index (χ1v) is 7.81. The summed E-state index contributed by atoms with van der Waals surface area (Å²) in [5.74, 6) is 0.0871. The van der Waals surface area contributed by atoms with Crippen LogP contribution in [0.5, 0.6) is 0 Å². The molecule has 3 nitrogen and oxygen atoms in total. The Hall–Kier alpha value is -0.870. The van der Waals surface area contributed by atoms with E-state index in [1.807, 2.05) is 33.8 Å². The van der Waals surface area contributed by atoms with Gasteiger partial charge in [0, 0.05) is 6.54 Å². The normalized spacial score (nSPS) is 13.9. The van der Waals surface area contributed by atoms with Crippen LogP contribution < -0.4 is 5.32 Å². The number of nitrogens with one attached hydrogen (secondary N) is 1. The van der Waals surface area contributed by atoms with Gasteiger partial charge in [0.2, 0.25) is 0 Å². The molecule has 0 amide bonds. The van der Waals surface area contributed by atoms with Crippen LogP contribution in [-0.4, -0.2) is 27.3 Å². The molecule has 0 fully saturated rings. The van der Waals surface area contributed by atoms with Gasteiger partial charge in [0.15, 0.2) is 9.84 Å². The number of hydrogen-bond acceptors (Lipinski definition) is 3. The maximum Gasteiger partial charge on any atom is 0.182 e. The highest BCUT2D eigenvalue weighted by Crippen LogP contribution is 2.23. The lowest BCUT2D eigenvalue weighted by Gasteiger charge is -2.21. The first-order valence-electron chi connectivity index (χ1n) is 6.26. The van der Waals surface area contributed by atoms with Crippen molar-refractivity contribution in [2.24, 2.45) is 5.92 Å². The summed E-state index contributed by atoms with van der Waals surface area (Å²) in [6, 6.07) is 5.36. The topological polar surface area (TPSA) is 46.2 Å². The van der Waals surface area contributed by atoms with Crippen LogP contribution in [0, 0.1) is 19.8 Å². The Morgan fingerprint density at radius 2 is 1.78 bits per heavy atom. The zero-order valence-electron chi connectivity index (χ0n) is 11.8. The Morgan fingerprint density at radius 3 is 2.22 bits per heavy atom. The molecule has 0 saturated heterocycles. The molecule has 18 heavy (non-hydrogen) atoms. The number of rotatable bonds is 5. The summed E-state index contributed by atoms with van der Waals surface area (Å²) in [6.45, 7) is 8.30. The van der Waals surface area contributed by atoms with Gasteiger partial charge in [0.25, 0.3) is 0 Å². The van der Waals surface area contributed by atoms with Crippen LogP contribution in [0.3, 0.4) is 0 Å². The summed E-state index contributed by atoms with van der Waals surface area (Å²) in [6.07, 6.45) is 0. The average Bonchev–Trinajstić information content (AvgIpc) is 2.28. The SMILES string of the molecule is CNCC(C(C)C)S(=O)(=O)c1ccc(C)c(C)c1. The fourth-order valence-electron chi connectivity index (χ4n) is 1.97. The van der Waals surface area contributed by atoms with Gasteiger partial charge in [-0.3, -0.25) is 0 Å². The van der Waals surface area contributed by atoms with Crippen LogP contribution >= 0.6 is 0 Å². The molecule has 0 aliphatic rings. The van der Waals surface area contributed by atoms with E-state index in [1.165, 1.54) is 0 Å². The summed E-state index contributed by atoms with van der Waals surface area (Å²) in [5, 5.41) is 2.59. The standard InChI is InChI=1S/C14H23NO2S/c1-10(2)14(9-15-5)18(16,17)13-7-6-11(3)12(4)8-13/h6-8,10,14-15H,9H2,1-5H3. The minimum atomic E-state index is -3.26. The molecule has 0 saturated carbocycles. The van der Waals surface area contributed by atoms with Crippen LogP contribution in [0.4, 0.5) is 0 Å². The summed E-state index contributed by atoms with van der Waals surface area (Å²) in [7, 11) is -1.48. The molecule has 1 N–H and O–H groups in total. The van der Waals surface area contributed by atoms with E-state index in [0.717, 1.165) is 11.1 Å². The van der Waals surface area contributed by atoms with Crippen molar-refractivity contribution in [2.75, 3.05) is 13.6 Å². The van der Waals surface area contributed by atoms with Crippen molar-refractivity contribution in [2.45, 2.75) is 37.8 Å². The molecular formula is C14H23NO2S. The van der Waals surface area contributed by atoms with Gasteiger partial charge in [-0.2, -0.15) is 0 Å². The van der Waals surface area contributed by atoms with Gasteiger partial charge in [0.1, 0.15) is 0 Å². The van der Waals surface area contributed by atoms with E-state index in [0.29, 0.717) is 11.4 Å². The molecule has 1 atom stereocenters. The molecule has 0 heterocycles. The molecule has 0 aromatic heterocycles. The molecule has 0 aliphatic carbocycles. The first kappa shape index (κ1) is 15.2. The second-order valence-corrected chi connectivity index (χ2v) is 7.30. The number of aryl methyl sites for hydroxylation is 2. The molecule has 1 aromatic rings. The summed E-state index contributed by atoms with van der Waals surface area (Å²) in [4.78, 5) is 0.430. The molecule has 0 spiro atoms. The van der Waals surface area contributed by atoms with Gasteiger partial charge in [-0.25, -0.2) is 8.42 Å². The fraction of sp³-hybridized carbons (Fsp3) is 0.571. The lowest BCUT2D eigenvalue weighted by molar-refractivity contribution is 0.516. The van der Waals surface area contributed by atoms with Gasteiger partial charge >= 0.3 is 0 Å². The van der Waals surface area contributed by atoms with Gasteiger partial charge in [-0.15, -0.1) is 0 Å². The van der Waals surface area contributed by atoms with E-state index >= 15 is 0 Å². The number of benzene rings is 1. The third kappa shape index (κ3) is 3.12. The van der Waals surface area contributed by atoms with Crippen molar-refractivity contribution in [1.82, 2.24) is 5.32 Å².